The second-order valence-electron chi connectivity index (χ2n) is 9.14. The SMILES string of the molecule is CCOC(=O)[C@@]1(Cc2ccccc2)C[C@H]2CC[C@@H]1N2C(=O)CN(C)C1CCCC1. The number of fused-ring (bicyclic) bond motifs is 2. The van der Waals surface area contributed by atoms with Gasteiger partial charge >= 0.3 is 5.97 Å². The Morgan fingerprint density at radius 2 is 1.86 bits per heavy atom. The molecule has 29 heavy (non-hydrogen) atoms. The van der Waals surface area contributed by atoms with E-state index in [-0.39, 0.29) is 24.0 Å². The average molecular weight is 399 g/mol. The third kappa shape index (κ3) is 3.81. The normalized spacial score (nSPS) is 29.0. The van der Waals surface area contributed by atoms with Crippen LogP contribution >= 0.6 is 0 Å². The van der Waals surface area contributed by atoms with Crippen LogP contribution in [0.3, 0.4) is 0 Å². The Morgan fingerprint density at radius 1 is 1.14 bits per heavy atom. The minimum absolute atomic E-state index is 0.0452. The van der Waals surface area contributed by atoms with Crippen LogP contribution in [0.5, 0.6) is 0 Å². The summed E-state index contributed by atoms with van der Waals surface area (Å²) in [7, 11) is 2.08. The molecule has 0 N–H and O–H groups in total. The number of benzene rings is 1. The molecular weight excluding hydrogens is 364 g/mol. The summed E-state index contributed by atoms with van der Waals surface area (Å²) in [5, 5.41) is 0. The van der Waals surface area contributed by atoms with Gasteiger partial charge in [-0.15, -0.1) is 0 Å². The van der Waals surface area contributed by atoms with Gasteiger partial charge in [0.25, 0.3) is 0 Å². The smallest absolute Gasteiger partial charge is 0.314 e. The molecule has 5 heteroatoms. The third-order valence-corrected chi connectivity index (χ3v) is 7.41. The molecule has 2 aliphatic heterocycles. The summed E-state index contributed by atoms with van der Waals surface area (Å²) in [6.07, 6.45) is 8.19. The minimum atomic E-state index is -0.609. The molecule has 1 aromatic rings. The maximum absolute atomic E-state index is 13.3. The summed E-state index contributed by atoms with van der Waals surface area (Å²) >= 11 is 0. The molecule has 3 fully saturated rings. The van der Waals surface area contributed by atoms with E-state index in [2.05, 4.69) is 29.0 Å². The first-order chi connectivity index (χ1) is 14.0. The van der Waals surface area contributed by atoms with Crippen LogP contribution < -0.4 is 0 Å². The first-order valence-electron chi connectivity index (χ1n) is 11.3. The first kappa shape index (κ1) is 20.4. The van der Waals surface area contributed by atoms with Crippen LogP contribution in [0.1, 0.15) is 57.4 Å². The number of carbonyl (C=O) groups is 2. The lowest BCUT2D eigenvalue weighted by Gasteiger charge is -2.35. The molecule has 1 saturated carbocycles. The molecule has 3 atom stereocenters. The number of hydrogen-bond acceptors (Lipinski definition) is 4. The number of esters is 1. The van der Waals surface area contributed by atoms with Crippen molar-refractivity contribution < 1.29 is 14.3 Å². The van der Waals surface area contributed by atoms with Crippen molar-refractivity contribution in [2.24, 2.45) is 5.41 Å². The van der Waals surface area contributed by atoms with Gasteiger partial charge in [0.15, 0.2) is 0 Å². The summed E-state index contributed by atoms with van der Waals surface area (Å²) in [6.45, 7) is 2.70. The van der Waals surface area contributed by atoms with Crippen LogP contribution in [-0.4, -0.2) is 60.0 Å². The van der Waals surface area contributed by atoms with E-state index in [9.17, 15) is 9.59 Å². The lowest BCUT2D eigenvalue weighted by Crippen LogP contribution is -2.49. The largest absolute Gasteiger partial charge is 0.465 e. The van der Waals surface area contributed by atoms with Crippen molar-refractivity contribution in [3.63, 3.8) is 0 Å². The molecule has 2 saturated heterocycles. The van der Waals surface area contributed by atoms with Crippen LogP contribution in [0.15, 0.2) is 30.3 Å². The Morgan fingerprint density at radius 3 is 2.55 bits per heavy atom. The highest BCUT2D eigenvalue weighted by atomic mass is 16.5. The molecular formula is C24H34N2O3. The fourth-order valence-corrected chi connectivity index (χ4v) is 6.05. The lowest BCUT2D eigenvalue weighted by molar-refractivity contribution is -0.158. The molecule has 0 unspecified atom stereocenters. The van der Waals surface area contributed by atoms with Gasteiger partial charge in [0, 0.05) is 18.1 Å². The highest BCUT2D eigenvalue weighted by Crippen LogP contribution is 2.52. The Hall–Kier alpha value is -1.88. The second-order valence-corrected chi connectivity index (χ2v) is 9.14. The third-order valence-electron chi connectivity index (χ3n) is 7.41. The fraction of sp³-hybridized carbons (Fsp3) is 0.667. The van der Waals surface area contributed by atoms with Crippen LogP contribution in [0.25, 0.3) is 0 Å². The Labute approximate surface area is 174 Å². The lowest BCUT2D eigenvalue weighted by atomic mass is 9.70. The molecule has 0 aromatic heterocycles. The summed E-state index contributed by atoms with van der Waals surface area (Å²) in [6, 6.07) is 10.8. The molecule has 2 bridgehead atoms. The van der Waals surface area contributed by atoms with E-state index in [0.29, 0.717) is 25.6 Å². The standard InChI is InChI=1S/C24H34N2O3/c1-3-29-23(28)24(15-18-9-5-4-6-10-18)16-20-13-14-21(24)26(20)22(27)17-25(2)19-11-7-8-12-19/h4-6,9-10,19-21H,3,7-8,11-17H2,1-2H3/t20-,21+,24+/m1/s1. The van der Waals surface area contributed by atoms with E-state index in [4.69, 9.17) is 4.74 Å². The minimum Gasteiger partial charge on any atom is -0.465 e. The monoisotopic (exact) mass is 398 g/mol. The van der Waals surface area contributed by atoms with E-state index in [1.165, 1.54) is 25.7 Å². The van der Waals surface area contributed by atoms with Crippen LogP contribution in [-0.2, 0) is 20.7 Å². The average Bonchev–Trinajstić information content (AvgIpc) is 3.44. The van der Waals surface area contributed by atoms with Crippen molar-refractivity contribution in [1.29, 1.82) is 0 Å². The van der Waals surface area contributed by atoms with Gasteiger partial charge in [0.2, 0.25) is 5.91 Å². The molecule has 5 nitrogen and oxygen atoms in total. The zero-order valence-electron chi connectivity index (χ0n) is 17.8. The van der Waals surface area contributed by atoms with E-state index in [1.807, 2.05) is 25.1 Å². The molecule has 1 aromatic carbocycles. The molecule has 2 heterocycles. The summed E-state index contributed by atoms with van der Waals surface area (Å²) in [4.78, 5) is 30.8. The summed E-state index contributed by atoms with van der Waals surface area (Å²) in [5.74, 6) is 0.0594. The van der Waals surface area contributed by atoms with Gasteiger partial charge < -0.3 is 9.64 Å². The van der Waals surface area contributed by atoms with E-state index in [1.54, 1.807) is 0 Å². The van der Waals surface area contributed by atoms with Crippen LogP contribution in [0.2, 0.25) is 0 Å². The number of rotatable bonds is 7. The Kier molecular flexibility index (Phi) is 5.95. The topological polar surface area (TPSA) is 49.9 Å². The highest BCUT2D eigenvalue weighted by Gasteiger charge is 2.61. The maximum Gasteiger partial charge on any atom is 0.314 e. The van der Waals surface area contributed by atoms with Crippen LogP contribution in [0, 0.1) is 5.41 Å². The number of nitrogens with zero attached hydrogens (tertiary/aromatic N) is 2. The van der Waals surface area contributed by atoms with E-state index in [0.717, 1.165) is 24.8 Å². The highest BCUT2D eigenvalue weighted by molar-refractivity contribution is 5.85. The van der Waals surface area contributed by atoms with Crippen molar-refractivity contribution in [3.8, 4) is 0 Å². The summed E-state index contributed by atoms with van der Waals surface area (Å²) in [5.41, 5.74) is 0.533. The van der Waals surface area contributed by atoms with Gasteiger partial charge in [0.1, 0.15) is 0 Å². The Balaban J connectivity index is 1.54. The number of likely N-dealkylation sites (N-methyl/N-ethyl adjacent to an activating group) is 1. The van der Waals surface area contributed by atoms with Gasteiger partial charge in [-0.3, -0.25) is 14.5 Å². The first-order valence-corrected chi connectivity index (χ1v) is 11.3. The second kappa shape index (κ2) is 8.47. The van der Waals surface area contributed by atoms with Crippen molar-refractivity contribution in [2.75, 3.05) is 20.2 Å². The van der Waals surface area contributed by atoms with E-state index < -0.39 is 5.41 Å². The molecule has 0 spiro atoms. The van der Waals surface area contributed by atoms with Crippen molar-refractivity contribution >= 4 is 11.9 Å². The molecule has 1 amide bonds. The molecule has 158 valence electrons. The van der Waals surface area contributed by atoms with Gasteiger partial charge in [-0.05, 0) is 58.1 Å². The number of ether oxygens (including phenoxy) is 1. The van der Waals surface area contributed by atoms with E-state index >= 15 is 0 Å². The predicted molar refractivity (Wildman–Crippen MR) is 112 cm³/mol. The van der Waals surface area contributed by atoms with Crippen molar-refractivity contribution in [1.82, 2.24) is 9.80 Å². The van der Waals surface area contributed by atoms with Crippen molar-refractivity contribution in [2.45, 2.75) is 76.4 Å². The Bertz CT molecular complexity index is 731. The zero-order valence-corrected chi connectivity index (χ0v) is 17.8. The quantitative estimate of drug-likeness (QED) is 0.661. The summed E-state index contributed by atoms with van der Waals surface area (Å²) < 4.78 is 5.56. The number of carbonyl (C=O) groups excluding carboxylic acids is 2. The molecule has 4 rings (SSSR count). The number of amides is 1. The number of hydrogen-bond donors (Lipinski definition) is 0. The molecule has 1 aliphatic carbocycles. The zero-order chi connectivity index (χ0) is 20.4. The molecule has 0 radical (unpaired) electrons. The van der Waals surface area contributed by atoms with Gasteiger partial charge in [-0.2, -0.15) is 0 Å². The van der Waals surface area contributed by atoms with Gasteiger partial charge in [0.05, 0.1) is 18.6 Å². The van der Waals surface area contributed by atoms with Gasteiger partial charge in [-0.1, -0.05) is 43.2 Å². The van der Waals surface area contributed by atoms with Crippen LogP contribution in [0.4, 0.5) is 0 Å². The fourth-order valence-electron chi connectivity index (χ4n) is 6.05. The maximum atomic E-state index is 13.3. The van der Waals surface area contributed by atoms with Gasteiger partial charge in [-0.25, -0.2) is 0 Å². The van der Waals surface area contributed by atoms with Crippen molar-refractivity contribution in [3.05, 3.63) is 35.9 Å². The predicted octanol–water partition coefficient (Wildman–Crippen LogP) is 3.42. The molecule has 3 aliphatic rings.